The summed E-state index contributed by atoms with van der Waals surface area (Å²) in [4.78, 5) is 2.43. The second-order valence-electron chi connectivity index (χ2n) is 13.7. The molecular formula is C49H37N. The van der Waals surface area contributed by atoms with Crippen LogP contribution in [0.5, 0.6) is 0 Å². The van der Waals surface area contributed by atoms with E-state index in [0.29, 0.717) is 0 Å². The largest absolute Gasteiger partial charge is 0.310 e. The molecule has 1 aliphatic rings. The SMILES string of the molecule is CC1(C)c2ccc(N(c3ccccc3)c3ccccc3-c3ccccc3-c3ccccc3-c3ccccc3)cc2-c2cc3ccccc3cc21. The van der Waals surface area contributed by atoms with Gasteiger partial charge in [0.25, 0.3) is 0 Å². The molecule has 0 radical (unpaired) electrons. The first-order valence-corrected chi connectivity index (χ1v) is 17.4. The van der Waals surface area contributed by atoms with Crippen molar-refractivity contribution < 1.29 is 0 Å². The minimum Gasteiger partial charge on any atom is -0.310 e. The van der Waals surface area contributed by atoms with Crippen LogP contribution < -0.4 is 4.90 Å². The van der Waals surface area contributed by atoms with Gasteiger partial charge in [0.15, 0.2) is 0 Å². The monoisotopic (exact) mass is 639 g/mol. The molecule has 0 saturated heterocycles. The molecule has 1 nitrogen and oxygen atoms in total. The molecule has 8 aromatic rings. The van der Waals surface area contributed by atoms with E-state index in [1.165, 1.54) is 66.4 Å². The first kappa shape index (κ1) is 29.9. The van der Waals surface area contributed by atoms with Gasteiger partial charge in [-0.15, -0.1) is 0 Å². The predicted molar refractivity (Wildman–Crippen MR) is 213 cm³/mol. The summed E-state index contributed by atoms with van der Waals surface area (Å²) < 4.78 is 0. The standard InChI is InChI=1S/C49H37N/c1-49(2)46-30-29-38(33-45(46)44-31-35-19-9-10-20-36(35)32-47(44)49)50(37-21-7-4-8-22-37)48-28-16-15-27-43(48)42-26-14-13-25-41(42)40-24-12-11-23-39(40)34-17-5-3-6-18-34/h3-33H,1-2H3. The topological polar surface area (TPSA) is 3.24 Å². The van der Waals surface area contributed by atoms with Crippen LogP contribution in [0.3, 0.4) is 0 Å². The number of nitrogens with zero attached hydrogens (tertiary/aromatic N) is 1. The Kier molecular flexibility index (Phi) is 7.21. The van der Waals surface area contributed by atoms with Crippen molar-refractivity contribution in [2.75, 3.05) is 4.90 Å². The van der Waals surface area contributed by atoms with Crippen LogP contribution in [-0.2, 0) is 5.41 Å². The molecule has 0 atom stereocenters. The summed E-state index contributed by atoms with van der Waals surface area (Å²) in [6.45, 7) is 4.72. The molecule has 8 aromatic carbocycles. The number of fused-ring (bicyclic) bond motifs is 4. The van der Waals surface area contributed by atoms with Crippen LogP contribution >= 0.6 is 0 Å². The van der Waals surface area contributed by atoms with Crippen LogP contribution in [0.25, 0.3) is 55.3 Å². The molecule has 0 aliphatic heterocycles. The average molecular weight is 640 g/mol. The quantitative estimate of drug-likeness (QED) is 0.175. The molecule has 0 aromatic heterocycles. The van der Waals surface area contributed by atoms with Crippen molar-refractivity contribution in [2.24, 2.45) is 0 Å². The van der Waals surface area contributed by atoms with Crippen LogP contribution in [-0.4, -0.2) is 0 Å². The third kappa shape index (κ3) is 4.94. The lowest BCUT2D eigenvalue weighted by molar-refractivity contribution is 0.661. The number of anilines is 3. The summed E-state index contributed by atoms with van der Waals surface area (Å²) >= 11 is 0. The van der Waals surface area contributed by atoms with E-state index in [4.69, 9.17) is 0 Å². The lowest BCUT2D eigenvalue weighted by atomic mass is 9.82. The Morgan fingerprint density at radius 3 is 1.54 bits per heavy atom. The van der Waals surface area contributed by atoms with Crippen molar-refractivity contribution in [3.63, 3.8) is 0 Å². The van der Waals surface area contributed by atoms with E-state index >= 15 is 0 Å². The number of hydrogen-bond acceptors (Lipinski definition) is 1. The molecule has 1 aliphatic carbocycles. The van der Waals surface area contributed by atoms with Crippen LogP contribution in [0.2, 0.25) is 0 Å². The highest BCUT2D eigenvalue weighted by atomic mass is 15.1. The number of hydrogen-bond donors (Lipinski definition) is 0. The molecule has 0 heterocycles. The fourth-order valence-electron chi connectivity index (χ4n) is 8.01. The fourth-order valence-corrected chi connectivity index (χ4v) is 8.01. The van der Waals surface area contributed by atoms with Gasteiger partial charge in [0.05, 0.1) is 5.69 Å². The molecule has 0 spiro atoms. The molecule has 0 unspecified atom stereocenters. The van der Waals surface area contributed by atoms with Crippen molar-refractivity contribution >= 4 is 27.8 Å². The van der Waals surface area contributed by atoms with Crippen molar-refractivity contribution in [1.29, 1.82) is 0 Å². The minimum absolute atomic E-state index is 0.0895. The van der Waals surface area contributed by atoms with Crippen molar-refractivity contribution in [1.82, 2.24) is 0 Å². The number of rotatable bonds is 6. The van der Waals surface area contributed by atoms with Crippen molar-refractivity contribution in [3.05, 3.63) is 199 Å². The molecule has 1 heteroatoms. The van der Waals surface area contributed by atoms with Crippen LogP contribution in [0, 0.1) is 0 Å². The maximum Gasteiger partial charge on any atom is 0.0540 e. The maximum absolute atomic E-state index is 2.43. The third-order valence-electron chi connectivity index (χ3n) is 10.5. The van der Waals surface area contributed by atoms with Gasteiger partial charge in [0.2, 0.25) is 0 Å². The van der Waals surface area contributed by atoms with E-state index < -0.39 is 0 Å². The van der Waals surface area contributed by atoms with Gasteiger partial charge in [-0.3, -0.25) is 0 Å². The first-order valence-electron chi connectivity index (χ1n) is 17.4. The van der Waals surface area contributed by atoms with E-state index in [-0.39, 0.29) is 5.41 Å². The highest BCUT2D eigenvalue weighted by Crippen LogP contribution is 2.52. The Bertz CT molecular complexity index is 2510. The third-order valence-corrected chi connectivity index (χ3v) is 10.5. The van der Waals surface area contributed by atoms with E-state index in [2.05, 4.69) is 207 Å². The fraction of sp³-hybridized carbons (Fsp3) is 0.0612. The van der Waals surface area contributed by atoms with E-state index in [0.717, 1.165) is 17.1 Å². The Morgan fingerprint density at radius 2 is 0.840 bits per heavy atom. The van der Waals surface area contributed by atoms with Crippen LogP contribution in [0.15, 0.2) is 188 Å². The second kappa shape index (κ2) is 12.1. The molecule has 0 saturated carbocycles. The molecule has 50 heavy (non-hydrogen) atoms. The van der Waals surface area contributed by atoms with E-state index in [9.17, 15) is 0 Å². The zero-order valence-corrected chi connectivity index (χ0v) is 28.3. The van der Waals surface area contributed by atoms with Crippen LogP contribution in [0.1, 0.15) is 25.0 Å². The van der Waals surface area contributed by atoms with Gasteiger partial charge in [0.1, 0.15) is 0 Å². The zero-order chi connectivity index (χ0) is 33.7. The summed E-state index contributed by atoms with van der Waals surface area (Å²) in [5.74, 6) is 0. The van der Waals surface area contributed by atoms with Gasteiger partial charge >= 0.3 is 0 Å². The van der Waals surface area contributed by atoms with Crippen LogP contribution in [0.4, 0.5) is 17.1 Å². The lowest BCUT2D eigenvalue weighted by Gasteiger charge is -2.29. The van der Waals surface area contributed by atoms with E-state index in [1.807, 2.05) is 0 Å². The molecule has 0 N–H and O–H groups in total. The van der Waals surface area contributed by atoms with Gasteiger partial charge in [-0.2, -0.15) is 0 Å². The molecular weight excluding hydrogens is 603 g/mol. The van der Waals surface area contributed by atoms with Gasteiger partial charge in [0, 0.05) is 22.4 Å². The van der Waals surface area contributed by atoms with Gasteiger partial charge in [-0.1, -0.05) is 159 Å². The highest BCUT2D eigenvalue weighted by Gasteiger charge is 2.36. The summed E-state index contributed by atoms with van der Waals surface area (Å²) in [6, 6.07) is 68.6. The summed E-state index contributed by atoms with van der Waals surface area (Å²) in [5.41, 5.74) is 16.0. The second-order valence-corrected chi connectivity index (χ2v) is 13.7. The Hall–Kier alpha value is -6.18. The highest BCUT2D eigenvalue weighted by molar-refractivity contribution is 5.99. The summed E-state index contributed by atoms with van der Waals surface area (Å²) in [6.07, 6.45) is 0. The first-order chi connectivity index (χ1) is 24.6. The number of para-hydroxylation sites is 2. The number of benzene rings is 8. The summed E-state index contributed by atoms with van der Waals surface area (Å²) in [5, 5.41) is 2.57. The Morgan fingerprint density at radius 1 is 0.340 bits per heavy atom. The Balaban J connectivity index is 1.24. The molecule has 238 valence electrons. The van der Waals surface area contributed by atoms with Gasteiger partial charge in [-0.25, -0.2) is 0 Å². The van der Waals surface area contributed by atoms with E-state index in [1.54, 1.807) is 0 Å². The molecule has 0 amide bonds. The van der Waals surface area contributed by atoms with Gasteiger partial charge in [-0.05, 0) is 103 Å². The van der Waals surface area contributed by atoms with Crippen molar-refractivity contribution in [2.45, 2.75) is 19.3 Å². The minimum atomic E-state index is -0.0895. The maximum atomic E-state index is 2.43. The molecule has 0 fully saturated rings. The van der Waals surface area contributed by atoms with Crippen molar-refractivity contribution in [3.8, 4) is 44.5 Å². The molecule has 0 bridgehead atoms. The summed E-state index contributed by atoms with van der Waals surface area (Å²) in [7, 11) is 0. The normalized spacial score (nSPS) is 12.8. The lowest BCUT2D eigenvalue weighted by Crippen LogP contribution is -2.15. The average Bonchev–Trinajstić information content (AvgIpc) is 3.39. The smallest absolute Gasteiger partial charge is 0.0540 e. The Labute approximate surface area is 294 Å². The predicted octanol–water partition coefficient (Wildman–Crippen LogP) is 13.6. The molecule has 9 rings (SSSR count). The van der Waals surface area contributed by atoms with Gasteiger partial charge < -0.3 is 4.90 Å². The zero-order valence-electron chi connectivity index (χ0n) is 28.3.